The smallest absolute Gasteiger partial charge is 0.254 e. The molecule has 5 heteroatoms. The zero-order valence-corrected chi connectivity index (χ0v) is 17.1. The molecule has 1 aromatic heterocycles. The Morgan fingerprint density at radius 3 is 2.80 bits per heavy atom. The summed E-state index contributed by atoms with van der Waals surface area (Å²) in [5.41, 5.74) is 8.10. The summed E-state index contributed by atoms with van der Waals surface area (Å²) in [6, 6.07) is 18.3. The van der Waals surface area contributed by atoms with Gasteiger partial charge in [-0.1, -0.05) is 24.3 Å². The van der Waals surface area contributed by atoms with Gasteiger partial charge in [-0.2, -0.15) is 0 Å². The lowest BCUT2D eigenvalue weighted by molar-refractivity contribution is 0.0732. The van der Waals surface area contributed by atoms with Gasteiger partial charge in [-0.3, -0.25) is 4.79 Å². The number of nitrogens with one attached hydrogen (secondary N) is 1. The van der Waals surface area contributed by atoms with E-state index in [2.05, 4.69) is 34.2 Å². The lowest BCUT2D eigenvalue weighted by Gasteiger charge is -2.21. The minimum absolute atomic E-state index is 0.0527. The molecule has 1 aliphatic heterocycles. The minimum atomic E-state index is 0.0527. The maximum atomic E-state index is 13.3. The molecule has 150 valence electrons. The summed E-state index contributed by atoms with van der Waals surface area (Å²) in [7, 11) is 0. The second kappa shape index (κ2) is 7.34. The number of benzene rings is 3. The van der Waals surface area contributed by atoms with Crippen molar-refractivity contribution in [2.45, 2.75) is 20.4 Å². The van der Waals surface area contributed by atoms with Crippen LogP contribution in [0.15, 0.2) is 60.9 Å². The number of aryl methyl sites for hydroxylation is 1. The van der Waals surface area contributed by atoms with Crippen LogP contribution >= 0.6 is 0 Å². The molecular formula is C25H23N3O2. The van der Waals surface area contributed by atoms with E-state index in [9.17, 15) is 4.79 Å². The van der Waals surface area contributed by atoms with Crippen LogP contribution in [0.2, 0.25) is 0 Å². The van der Waals surface area contributed by atoms with Crippen molar-refractivity contribution < 1.29 is 9.53 Å². The molecule has 0 aliphatic carbocycles. The van der Waals surface area contributed by atoms with Crippen LogP contribution in [0.1, 0.15) is 27.0 Å². The fourth-order valence-electron chi connectivity index (χ4n) is 4.02. The van der Waals surface area contributed by atoms with Crippen molar-refractivity contribution in [1.29, 1.82) is 0 Å². The lowest BCUT2D eigenvalue weighted by Crippen LogP contribution is -2.33. The van der Waals surface area contributed by atoms with Gasteiger partial charge in [0, 0.05) is 17.7 Å². The molecule has 0 fully saturated rings. The number of carbonyl (C=O) groups excluding carboxylic acids is 1. The molecular weight excluding hydrogens is 374 g/mol. The Hall–Kier alpha value is -3.60. The van der Waals surface area contributed by atoms with Crippen molar-refractivity contribution in [3.8, 4) is 16.9 Å². The van der Waals surface area contributed by atoms with Gasteiger partial charge in [0.15, 0.2) is 0 Å². The third-order valence-corrected chi connectivity index (χ3v) is 5.92. The number of hydrogen-bond acceptors (Lipinski definition) is 3. The van der Waals surface area contributed by atoms with Gasteiger partial charge in [0.1, 0.15) is 12.4 Å². The summed E-state index contributed by atoms with van der Waals surface area (Å²) in [4.78, 5) is 22.6. The molecule has 5 nitrogen and oxygen atoms in total. The highest BCUT2D eigenvalue weighted by atomic mass is 16.5. The Labute approximate surface area is 175 Å². The SMILES string of the molecule is Cc1cccc(C(=O)N2CCOc3ccc(-c4ccc5nc[nH]c5c4)cc3C2)c1C. The fraction of sp³-hybridized carbons (Fsp3) is 0.200. The maximum Gasteiger partial charge on any atom is 0.254 e. The molecule has 3 aromatic carbocycles. The van der Waals surface area contributed by atoms with Crippen LogP contribution in [-0.4, -0.2) is 33.9 Å². The highest BCUT2D eigenvalue weighted by Crippen LogP contribution is 2.31. The molecule has 0 radical (unpaired) electrons. The molecule has 0 unspecified atom stereocenters. The lowest BCUT2D eigenvalue weighted by atomic mass is 10.0. The number of imidazole rings is 1. The Morgan fingerprint density at radius 2 is 1.90 bits per heavy atom. The van der Waals surface area contributed by atoms with E-state index in [0.29, 0.717) is 19.7 Å². The first-order valence-electron chi connectivity index (χ1n) is 10.1. The number of ether oxygens (including phenoxy) is 1. The third kappa shape index (κ3) is 3.22. The molecule has 0 saturated heterocycles. The van der Waals surface area contributed by atoms with E-state index < -0.39 is 0 Å². The first-order chi connectivity index (χ1) is 14.6. The molecule has 1 aliphatic rings. The van der Waals surface area contributed by atoms with E-state index in [1.807, 2.05) is 49.1 Å². The number of nitrogens with zero attached hydrogens (tertiary/aromatic N) is 2. The molecule has 1 amide bonds. The zero-order valence-electron chi connectivity index (χ0n) is 17.1. The van der Waals surface area contributed by atoms with Crippen molar-refractivity contribution in [3.63, 3.8) is 0 Å². The van der Waals surface area contributed by atoms with Gasteiger partial charge >= 0.3 is 0 Å². The number of hydrogen-bond donors (Lipinski definition) is 1. The summed E-state index contributed by atoms with van der Waals surface area (Å²) < 4.78 is 5.96. The number of amides is 1. The van der Waals surface area contributed by atoms with E-state index in [-0.39, 0.29) is 5.91 Å². The normalized spacial score (nSPS) is 13.6. The molecule has 4 aromatic rings. The number of rotatable bonds is 2. The van der Waals surface area contributed by atoms with Crippen LogP contribution in [0.4, 0.5) is 0 Å². The second-order valence-electron chi connectivity index (χ2n) is 7.78. The Kier molecular flexibility index (Phi) is 4.51. The predicted octanol–water partition coefficient (Wildman–Crippen LogP) is 4.88. The Balaban J connectivity index is 1.48. The van der Waals surface area contributed by atoms with Crippen molar-refractivity contribution in [1.82, 2.24) is 14.9 Å². The highest BCUT2D eigenvalue weighted by molar-refractivity contribution is 5.96. The molecule has 0 saturated carbocycles. The van der Waals surface area contributed by atoms with Crippen LogP contribution in [0, 0.1) is 13.8 Å². The largest absolute Gasteiger partial charge is 0.491 e. The summed E-state index contributed by atoms with van der Waals surface area (Å²) >= 11 is 0. The predicted molar refractivity (Wildman–Crippen MR) is 118 cm³/mol. The zero-order chi connectivity index (χ0) is 20.7. The van der Waals surface area contributed by atoms with E-state index in [1.165, 1.54) is 0 Å². The van der Waals surface area contributed by atoms with Gasteiger partial charge in [-0.25, -0.2) is 4.98 Å². The van der Waals surface area contributed by atoms with Crippen molar-refractivity contribution in [2.75, 3.05) is 13.2 Å². The summed E-state index contributed by atoms with van der Waals surface area (Å²) in [6.07, 6.45) is 1.70. The quantitative estimate of drug-likeness (QED) is 0.524. The Morgan fingerprint density at radius 1 is 1.07 bits per heavy atom. The Bertz CT molecular complexity index is 1260. The van der Waals surface area contributed by atoms with Crippen molar-refractivity contribution in [2.24, 2.45) is 0 Å². The average Bonchev–Trinajstić information content (AvgIpc) is 3.12. The van der Waals surface area contributed by atoms with Gasteiger partial charge < -0.3 is 14.6 Å². The minimum Gasteiger partial charge on any atom is -0.491 e. The fourth-order valence-corrected chi connectivity index (χ4v) is 4.02. The molecule has 30 heavy (non-hydrogen) atoms. The second-order valence-corrected chi connectivity index (χ2v) is 7.78. The van der Waals surface area contributed by atoms with Crippen LogP contribution in [-0.2, 0) is 6.54 Å². The number of fused-ring (bicyclic) bond motifs is 2. The first kappa shape index (κ1) is 18.4. The van der Waals surface area contributed by atoms with E-state index in [0.717, 1.165) is 50.2 Å². The summed E-state index contributed by atoms with van der Waals surface area (Å²) in [5, 5.41) is 0. The van der Waals surface area contributed by atoms with Gasteiger partial charge in [0.25, 0.3) is 5.91 Å². The van der Waals surface area contributed by atoms with Crippen LogP contribution in [0.3, 0.4) is 0 Å². The van der Waals surface area contributed by atoms with Crippen molar-refractivity contribution in [3.05, 3.63) is 83.2 Å². The highest BCUT2D eigenvalue weighted by Gasteiger charge is 2.23. The monoisotopic (exact) mass is 397 g/mol. The maximum absolute atomic E-state index is 13.3. The molecule has 1 N–H and O–H groups in total. The van der Waals surface area contributed by atoms with Crippen molar-refractivity contribution >= 4 is 16.9 Å². The summed E-state index contributed by atoms with van der Waals surface area (Å²) in [5.74, 6) is 0.898. The summed E-state index contributed by atoms with van der Waals surface area (Å²) in [6.45, 7) is 5.63. The van der Waals surface area contributed by atoms with Gasteiger partial charge in [-0.05, 0) is 66.4 Å². The number of carbonyl (C=O) groups is 1. The third-order valence-electron chi connectivity index (χ3n) is 5.92. The standard InChI is InChI=1S/C25H23N3O2/c1-16-4-3-5-21(17(16)2)25(29)28-10-11-30-24-9-7-18(12-20(24)14-28)19-6-8-22-23(13-19)27-15-26-22/h3-9,12-13,15H,10-11,14H2,1-2H3,(H,26,27). The molecule has 0 bridgehead atoms. The van der Waals surface area contributed by atoms with Gasteiger partial charge in [0.05, 0.1) is 23.9 Å². The molecule has 2 heterocycles. The average molecular weight is 397 g/mol. The van der Waals surface area contributed by atoms with E-state index in [1.54, 1.807) is 6.33 Å². The van der Waals surface area contributed by atoms with Crippen LogP contribution in [0.25, 0.3) is 22.2 Å². The van der Waals surface area contributed by atoms with Gasteiger partial charge in [0.2, 0.25) is 0 Å². The van der Waals surface area contributed by atoms with E-state index >= 15 is 0 Å². The van der Waals surface area contributed by atoms with Gasteiger partial charge in [-0.15, -0.1) is 0 Å². The molecule has 5 rings (SSSR count). The number of H-pyrrole nitrogens is 1. The van der Waals surface area contributed by atoms with Crippen LogP contribution < -0.4 is 4.74 Å². The topological polar surface area (TPSA) is 58.2 Å². The van der Waals surface area contributed by atoms with Crippen LogP contribution in [0.5, 0.6) is 5.75 Å². The molecule has 0 atom stereocenters. The first-order valence-corrected chi connectivity index (χ1v) is 10.1. The number of aromatic nitrogens is 2. The molecule has 0 spiro atoms. The van der Waals surface area contributed by atoms with E-state index in [4.69, 9.17) is 4.74 Å². The number of aromatic amines is 1.